The van der Waals surface area contributed by atoms with Gasteiger partial charge in [-0.3, -0.25) is 0 Å². The number of hydrogen-bond acceptors (Lipinski definition) is 1. The van der Waals surface area contributed by atoms with Crippen molar-refractivity contribution in [2.45, 2.75) is 20.3 Å². The number of nitrogens with one attached hydrogen (secondary N) is 1. The molecule has 0 rings (SSSR count). The lowest BCUT2D eigenvalue weighted by atomic mass is 10.1. The van der Waals surface area contributed by atoms with E-state index in [9.17, 15) is 0 Å². The fourth-order valence-corrected chi connectivity index (χ4v) is 1.47. The summed E-state index contributed by atoms with van der Waals surface area (Å²) in [6.45, 7) is 3.96. The van der Waals surface area contributed by atoms with Crippen LogP contribution in [0.25, 0.3) is 0 Å². The van der Waals surface area contributed by atoms with E-state index in [-0.39, 0.29) is 0 Å². The Bertz CT molecular complexity index is 76.6. The Morgan fingerprint density at radius 3 is 2.25 bits per heavy atom. The third-order valence-corrected chi connectivity index (χ3v) is 2.07. The lowest BCUT2D eigenvalue weighted by Crippen LogP contribution is -2.09. The van der Waals surface area contributed by atoms with Crippen LogP contribution in [-0.2, 0) is 0 Å². The van der Waals surface area contributed by atoms with Gasteiger partial charge in [-0.25, -0.2) is 0 Å². The smallest absolute Gasteiger partial charge is 0.0112 e. The predicted molar refractivity (Wildman–Crippen MR) is 41.0 cm³/mol. The van der Waals surface area contributed by atoms with E-state index in [1.54, 1.807) is 0 Å². The Morgan fingerprint density at radius 2 is 2.25 bits per heavy atom. The van der Waals surface area contributed by atoms with E-state index in [4.69, 9.17) is 5.41 Å². The molecule has 0 aromatic heterocycles. The topological polar surface area (TPSA) is 23.9 Å². The second-order valence-electron chi connectivity index (χ2n) is 1.94. The van der Waals surface area contributed by atoms with Crippen molar-refractivity contribution in [3.8, 4) is 0 Å². The Morgan fingerprint density at radius 1 is 1.75 bits per heavy atom. The van der Waals surface area contributed by atoms with Crippen LogP contribution in [0.3, 0.4) is 0 Å². The van der Waals surface area contributed by atoms with E-state index < -0.39 is 0 Å². The quantitative estimate of drug-likeness (QED) is 0.507. The van der Waals surface area contributed by atoms with E-state index in [0.29, 0.717) is 5.92 Å². The second-order valence-corrected chi connectivity index (χ2v) is 2.59. The zero-order valence-corrected chi connectivity index (χ0v) is 6.96. The van der Waals surface area contributed by atoms with E-state index in [1.165, 1.54) is 0 Å². The molecule has 1 atom stereocenters. The molecule has 48 valence electrons. The average molecular weight is 178 g/mol. The molecule has 0 aliphatic carbocycles. The number of hydrogen-bond donors (Lipinski definition) is 1. The van der Waals surface area contributed by atoms with Gasteiger partial charge in [-0.2, -0.15) is 0 Å². The summed E-state index contributed by atoms with van der Waals surface area (Å²) in [7, 11) is 0. The first-order chi connectivity index (χ1) is 3.72. The number of rotatable bonds is 3. The highest BCUT2D eigenvalue weighted by Gasteiger charge is 2.03. The molecular formula is C6H12BrN. The van der Waals surface area contributed by atoms with Crippen LogP contribution in [0.2, 0.25) is 0 Å². The minimum Gasteiger partial charge on any atom is -0.310 e. The van der Waals surface area contributed by atoms with Gasteiger partial charge in [0.25, 0.3) is 0 Å². The molecule has 0 fully saturated rings. The third-order valence-electron chi connectivity index (χ3n) is 1.29. The monoisotopic (exact) mass is 177 g/mol. The van der Waals surface area contributed by atoms with Crippen molar-refractivity contribution in [1.29, 1.82) is 5.41 Å². The molecular weight excluding hydrogens is 166 g/mol. The molecule has 0 aliphatic heterocycles. The first-order valence-corrected chi connectivity index (χ1v) is 3.95. The van der Waals surface area contributed by atoms with Crippen LogP contribution in [0.1, 0.15) is 20.3 Å². The van der Waals surface area contributed by atoms with Crippen LogP contribution in [0.4, 0.5) is 0 Å². The lowest BCUT2D eigenvalue weighted by Gasteiger charge is -2.06. The maximum Gasteiger partial charge on any atom is 0.0112 e. The Hall–Kier alpha value is 0.150. The molecule has 0 saturated carbocycles. The summed E-state index contributed by atoms with van der Waals surface area (Å²) < 4.78 is 0. The van der Waals surface area contributed by atoms with Crippen molar-refractivity contribution >= 4 is 21.6 Å². The molecule has 8 heavy (non-hydrogen) atoms. The first kappa shape index (κ1) is 8.15. The third kappa shape index (κ3) is 2.46. The van der Waals surface area contributed by atoms with Crippen LogP contribution >= 0.6 is 15.9 Å². The van der Waals surface area contributed by atoms with Crippen LogP contribution in [0, 0.1) is 11.3 Å². The zero-order chi connectivity index (χ0) is 6.57. The van der Waals surface area contributed by atoms with Crippen LogP contribution in [0.15, 0.2) is 0 Å². The summed E-state index contributed by atoms with van der Waals surface area (Å²) in [5.41, 5.74) is 0.782. The molecule has 0 bridgehead atoms. The predicted octanol–water partition coefficient (Wildman–Crippen LogP) is 2.45. The van der Waals surface area contributed by atoms with Gasteiger partial charge in [-0.05, 0) is 13.3 Å². The summed E-state index contributed by atoms with van der Waals surface area (Å²) in [6.07, 6.45) is 1.07. The summed E-state index contributed by atoms with van der Waals surface area (Å²) >= 11 is 3.34. The van der Waals surface area contributed by atoms with Gasteiger partial charge in [-0.15, -0.1) is 0 Å². The molecule has 0 aromatic carbocycles. The molecule has 0 saturated heterocycles. The molecule has 0 amide bonds. The normalized spacial score (nSPS) is 13.4. The van der Waals surface area contributed by atoms with Gasteiger partial charge >= 0.3 is 0 Å². The minimum atomic E-state index is 0.454. The lowest BCUT2D eigenvalue weighted by molar-refractivity contribution is 0.748. The minimum absolute atomic E-state index is 0.454. The second kappa shape index (κ2) is 4.07. The van der Waals surface area contributed by atoms with Gasteiger partial charge < -0.3 is 5.41 Å². The highest BCUT2D eigenvalue weighted by atomic mass is 79.9. The molecule has 1 N–H and O–H groups in total. The highest BCUT2D eigenvalue weighted by molar-refractivity contribution is 9.09. The summed E-state index contributed by atoms with van der Waals surface area (Å²) in [6, 6.07) is 0. The SMILES string of the molecule is CCC(CBr)C(C)=N. The first-order valence-electron chi connectivity index (χ1n) is 2.83. The summed E-state index contributed by atoms with van der Waals surface area (Å²) in [5, 5.41) is 8.15. The standard InChI is InChI=1S/C6H12BrN/c1-3-6(4-7)5(2)8/h6,8H,3-4H2,1-2H3. The number of alkyl halides is 1. The van der Waals surface area contributed by atoms with Gasteiger partial charge in [-0.1, -0.05) is 22.9 Å². The average Bonchev–Trinajstić information content (AvgIpc) is 1.69. The van der Waals surface area contributed by atoms with Crippen LogP contribution in [0.5, 0.6) is 0 Å². The van der Waals surface area contributed by atoms with Gasteiger partial charge in [0.15, 0.2) is 0 Å². The molecule has 1 nitrogen and oxygen atoms in total. The largest absolute Gasteiger partial charge is 0.310 e. The molecule has 1 unspecified atom stereocenters. The summed E-state index contributed by atoms with van der Waals surface area (Å²) in [5.74, 6) is 0.454. The van der Waals surface area contributed by atoms with Gasteiger partial charge in [0.05, 0.1) is 0 Å². The van der Waals surface area contributed by atoms with Crippen molar-refractivity contribution < 1.29 is 0 Å². The fourth-order valence-electron chi connectivity index (χ4n) is 0.531. The molecule has 0 heterocycles. The van der Waals surface area contributed by atoms with Crippen molar-refractivity contribution in [2.24, 2.45) is 5.92 Å². The van der Waals surface area contributed by atoms with E-state index >= 15 is 0 Å². The molecule has 0 spiro atoms. The van der Waals surface area contributed by atoms with Crippen molar-refractivity contribution in [3.63, 3.8) is 0 Å². The van der Waals surface area contributed by atoms with E-state index in [2.05, 4.69) is 22.9 Å². The fraction of sp³-hybridized carbons (Fsp3) is 0.833. The Balaban J connectivity index is 3.52. The van der Waals surface area contributed by atoms with Crippen LogP contribution in [-0.4, -0.2) is 11.0 Å². The molecule has 0 aliphatic rings. The van der Waals surface area contributed by atoms with E-state index in [0.717, 1.165) is 17.5 Å². The zero-order valence-electron chi connectivity index (χ0n) is 5.37. The molecule has 0 aromatic rings. The highest BCUT2D eigenvalue weighted by Crippen LogP contribution is 2.06. The maximum atomic E-state index is 7.22. The molecule has 0 radical (unpaired) electrons. The Labute approximate surface area is 59.1 Å². The maximum absolute atomic E-state index is 7.22. The number of halogens is 1. The van der Waals surface area contributed by atoms with Crippen LogP contribution < -0.4 is 0 Å². The Kier molecular flexibility index (Phi) is 4.15. The van der Waals surface area contributed by atoms with Crippen molar-refractivity contribution in [2.75, 3.05) is 5.33 Å². The summed E-state index contributed by atoms with van der Waals surface area (Å²) in [4.78, 5) is 0. The van der Waals surface area contributed by atoms with Crippen molar-refractivity contribution in [3.05, 3.63) is 0 Å². The van der Waals surface area contributed by atoms with Gasteiger partial charge in [0.2, 0.25) is 0 Å². The van der Waals surface area contributed by atoms with E-state index in [1.807, 2.05) is 6.92 Å². The van der Waals surface area contributed by atoms with Gasteiger partial charge in [0.1, 0.15) is 0 Å². The molecule has 2 heteroatoms. The van der Waals surface area contributed by atoms with Gasteiger partial charge in [0, 0.05) is 17.0 Å². The van der Waals surface area contributed by atoms with Crippen molar-refractivity contribution in [1.82, 2.24) is 0 Å².